The van der Waals surface area contributed by atoms with Gasteiger partial charge in [0.05, 0.1) is 19.3 Å². The summed E-state index contributed by atoms with van der Waals surface area (Å²) in [5, 5.41) is 0. The Labute approximate surface area is 131 Å². The highest BCUT2D eigenvalue weighted by Crippen LogP contribution is 2.42. The Kier molecular flexibility index (Phi) is 3.51. The maximum atomic E-state index is 6.12. The third kappa shape index (κ3) is 2.47. The van der Waals surface area contributed by atoms with Crippen LogP contribution in [0.3, 0.4) is 0 Å². The van der Waals surface area contributed by atoms with Crippen LogP contribution in [-0.4, -0.2) is 49.6 Å². The molecule has 4 rings (SSSR count). The average Bonchev–Trinajstić information content (AvgIpc) is 3.01. The van der Waals surface area contributed by atoms with Gasteiger partial charge in [0.15, 0.2) is 11.5 Å². The van der Waals surface area contributed by atoms with Crippen LogP contribution in [0.5, 0.6) is 11.5 Å². The molecule has 3 atom stereocenters. The van der Waals surface area contributed by atoms with Gasteiger partial charge in [0.2, 0.25) is 6.79 Å². The lowest BCUT2D eigenvalue weighted by Gasteiger charge is -2.24. The summed E-state index contributed by atoms with van der Waals surface area (Å²) in [4.78, 5) is 2.39. The maximum absolute atomic E-state index is 6.12. The van der Waals surface area contributed by atoms with Gasteiger partial charge >= 0.3 is 0 Å². The van der Waals surface area contributed by atoms with Gasteiger partial charge in [-0.15, -0.1) is 0 Å². The van der Waals surface area contributed by atoms with Crippen LogP contribution >= 0.6 is 0 Å². The summed E-state index contributed by atoms with van der Waals surface area (Å²) in [7, 11) is 2.17. The van der Waals surface area contributed by atoms with E-state index in [-0.39, 0.29) is 11.7 Å². The van der Waals surface area contributed by atoms with E-state index >= 15 is 0 Å². The molecule has 0 spiro atoms. The lowest BCUT2D eigenvalue weighted by Crippen LogP contribution is -2.38. The largest absolute Gasteiger partial charge is 0.454 e. The molecule has 0 aromatic heterocycles. The molecule has 0 bridgehead atoms. The van der Waals surface area contributed by atoms with E-state index in [2.05, 4.69) is 18.9 Å². The summed E-state index contributed by atoms with van der Waals surface area (Å²) in [5.74, 6) is 1.64. The molecule has 3 aliphatic heterocycles. The fourth-order valence-electron chi connectivity index (χ4n) is 3.66. The van der Waals surface area contributed by atoms with Crippen LogP contribution in [0, 0.1) is 0 Å². The topological polar surface area (TPSA) is 43.5 Å². The highest BCUT2D eigenvalue weighted by atomic mass is 16.7. The van der Waals surface area contributed by atoms with Gasteiger partial charge in [-0.05, 0) is 37.6 Å². The summed E-state index contributed by atoms with van der Waals surface area (Å²) < 4.78 is 22.6. The molecule has 0 unspecified atom stereocenters. The first-order valence-electron chi connectivity index (χ1n) is 8.04. The van der Waals surface area contributed by atoms with E-state index in [1.807, 2.05) is 18.2 Å². The molecule has 2 saturated heterocycles. The van der Waals surface area contributed by atoms with Crippen LogP contribution in [0.1, 0.15) is 25.3 Å². The van der Waals surface area contributed by atoms with E-state index in [1.165, 1.54) is 0 Å². The van der Waals surface area contributed by atoms with Gasteiger partial charge in [0, 0.05) is 12.6 Å². The minimum Gasteiger partial charge on any atom is -0.454 e. The Bertz CT molecular complexity index is 558. The molecule has 5 heteroatoms. The van der Waals surface area contributed by atoms with Crippen LogP contribution in [-0.2, 0) is 16.1 Å². The minimum absolute atomic E-state index is 0.0889. The summed E-state index contributed by atoms with van der Waals surface area (Å²) >= 11 is 0. The van der Waals surface area contributed by atoms with Gasteiger partial charge in [-0.3, -0.25) is 4.90 Å². The van der Waals surface area contributed by atoms with Crippen molar-refractivity contribution >= 4 is 0 Å². The maximum Gasteiger partial charge on any atom is 0.231 e. The van der Waals surface area contributed by atoms with Crippen LogP contribution in [0.25, 0.3) is 0 Å². The first kappa shape index (κ1) is 14.3. The van der Waals surface area contributed by atoms with Crippen molar-refractivity contribution in [2.75, 3.05) is 27.0 Å². The smallest absolute Gasteiger partial charge is 0.231 e. The van der Waals surface area contributed by atoms with Crippen molar-refractivity contribution in [1.82, 2.24) is 4.90 Å². The number of epoxide rings is 1. The number of rotatable bonds is 5. The van der Waals surface area contributed by atoms with Crippen molar-refractivity contribution in [3.05, 3.63) is 23.8 Å². The molecule has 3 aliphatic rings. The van der Waals surface area contributed by atoms with Crippen molar-refractivity contribution in [2.45, 2.75) is 44.1 Å². The van der Waals surface area contributed by atoms with E-state index in [0.29, 0.717) is 19.4 Å². The number of likely N-dealkylation sites (N-methyl/N-ethyl adjacent to an activating group) is 1. The van der Waals surface area contributed by atoms with Crippen molar-refractivity contribution in [3.8, 4) is 11.5 Å². The van der Waals surface area contributed by atoms with Crippen LogP contribution in [0.15, 0.2) is 18.2 Å². The third-order valence-electron chi connectivity index (χ3n) is 5.15. The summed E-state index contributed by atoms with van der Waals surface area (Å²) in [6.45, 7) is 5.01. The Morgan fingerprint density at radius 2 is 2.14 bits per heavy atom. The monoisotopic (exact) mass is 305 g/mol. The van der Waals surface area contributed by atoms with Gasteiger partial charge in [-0.25, -0.2) is 0 Å². The summed E-state index contributed by atoms with van der Waals surface area (Å²) in [5.41, 5.74) is 1.22. The second-order valence-electron chi connectivity index (χ2n) is 6.52. The molecular formula is C17H23NO4. The van der Waals surface area contributed by atoms with Gasteiger partial charge in [-0.2, -0.15) is 0 Å². The predicted molar refractivity (Wildman–Crippen MR) is 81.2 cm³/mol. The van der Waals surface area contributed by atoms with Crippen LogP contribution < -0.4 is 9.47 Å². The molecule has 0 amide bonds. The van der Waals surface area contributed by atoms with Gasteiger partial charge < -0.3 is 18.9 Å². The van der Waals surface area contributed by atoms with E-state index in [1.54, 1.807) is 0 Å². The molecule has 0 N–H and O–H groups in total. The van der Waals surface area contributed by atoms with Crippen LogP contribution in [0.2, 0.25) is 0 Å². The molecule has 0 aliphatic carbocycles. The van der Waals surface area contributed by atoms with E-state index in [9.17, 15) is 0 Å². The lowest BCUT2D eigenvalue weighted by molar-refractivity contribution is 0.0475. The molecule has 1 aromatic rings. The van der Waals surface area contributed by atoms with Crippen molar-refractivity contribution in [1.29, 1.82) is 0 Å². The Morgan fingerprint density at radius 1 is 1.32 bits per heavy atom. The number of benzene rings is 1. The second kappa shape index (κ2) is 5.41. The van der Waals surface area contributed by atoms with E-state index in [0.717, 1.165) is 43.1 Å². The van der Waals surface area contributed by atoms with Crippen molar-refractivity contribution in [3.63, 3.8) is 0 Å². The average molecular weight is 305 g/mol. The van der Waals surface area contributed by atoms with Crippen molar-refractivity contribution < 1.29 is 18.9 Å². The molecular weight excluding hydrogens is 282 g/mol. The first-order chi connectivity index (χ1) is 10.7. The lowest BCUT2D eigenvalue weighted by atomic mass is 9.95. The zero-order chi connectivity index (χ0) is 15.2. The molecule has 2 fully saturated rings. The second-order valence-corrected chi connectivity index (χ2v) is 6.52. The van der Waals surface area contributed by atoms with E-state index in [4.69, 9.17) is 18.9 Å². The highest BCUT2D eigenvalue weighted by Gasteiger charge is 2.54. The molecule has 1 aromatic carbocycles. The SMILES string of the molecule is CC[C@@]1([C@H]2C[C@@H](OCc3ccc4c(c3)OCO4)CN2C)CO1. The normalized spacial score (nSPS) is 33.4. The number of fused-ring (bicyclic) bond motifs is 1. The molecule has 3 heterocycles. The number of nitrogens with zero attached hydrogens (tertiary/aromatic N) is 1. The summed E-state index contributed by atoms with van der Waals surface area (Å²) in [6.07, 6.45) is 2.40. The molecule has 22 heavy (non-hydrogen) atoms. The quantitative estimate of drug-likeness (QED) is 0.780. The predicted octanol–water partition coefficient (Wildman–Crippen LogP) is 2.18. The zero-order valence-electron chi connectivity index (χ0n) is 13.2. The molecule has 5 nitrogen and oxygen atoms in total. The van der Waals surface area contributed by atoms with Crippen molar-refractivity contribution in [2.24, 2.45) is 0 Å². The van der Waals surface area contributed by atoms with Gasteiger partial charge in [0.25, 0.3) is 0 Å². The summed E-state index contributed by atoms with van der Waals surface area (Å²) in [6, 6.07) is 6.49. The van der Waals surface area contributed by atoms with Gasteiger partial charge in [-0.1, -0.05) is 13.0 Å². The molecule has 0 saturated carbocycles. The zero-order valence-corrected chi connectivity index (χ0v) is 13.2. The number of hydrogen-bond acceptors (Lipinski definition) is 5. The molecule has 120 valence electrons. The fourth-order valence-corrected chi connectivity index (χ4v) is 3.66. The minimum atomic E-state index is 0.0889. The van der Waals surface area contributed by atoms with Crippen LogP contribution in [0.4, 0.5) is 0 Å². The number of ether oxygens (including phenoxy) is 4. The standard InChI is InChI=1S/C17H23NO4/c1-3-17(10-22-17)16-7-13(8-18(16)2)19-9-12-4-5-14-15(6-12)21-11-20-14/h4-6,13,16H,3,7-11H2,1-2H3/t13-,16-,17+/m1/s1. The number of hydrogen-bond donors (Lipinski definition) is 0. The van der Waals surface area contributed by atoms with E-state index < -0.39 is 0 Å². The Balaban J connectivity index is 1.35. The fraction of sp³-hybridized carbons (Fsp3) is 0.647. The Morgan fingerprint density at radius 3 is 2.91 bits per heavy atom. The highest BCUT2D eigenvalue weighted by molar-refractivity contribution is 5.44. The number of likely N-dealkylation sites (tertiary alicyclic amines) is 1. The Hall–Kier alpha value is -1.30. The van der Waals surface area contributed by atoms with Gasteiger partial charge in [0.1, 0.15) is 5.60 Å². The third-order valence-corrected chi connectivity index (χ3v) is 5.15. The molecule has 0 radical (unpaired) electrons. The first-order valence-corrected chi connectivity index (χ1v) is 8.04.